The standard InChI is InChI=1S/C15H15ClN2O/c16-12-7-3-1-5-10(12)9-14-17-13-8-4-2-6-11(13)15(19)18-14/h1,3,5,7H,2,4,6,8-9H2,(H,17,18,19). The van der Waals surface area contributed by atoms with Crippen LogP contribution in [0, 0.1) is 0 Å². The molecule has 1 aliphatic carbocycles. The van der Waals surface area contributed by atoms with Crippen LogP contribution in [0.2, 0.25) is 5.02 Å². The van der Waals surface area contributed by atoms with Crippen molar-refractivity contribution in [3.8, 4) is 0 Å². The smallest absolute Gasteiger partial charge is 0.254 e. The summed E-state index contributed by atoms with van der Waals surface area (Å²) >= 11 is 6.14. The Bertz CT molecular complexity index is 663. The highest BCUT2D eigenvalue weighted by Crippen LogP contribution is 2.19. The molecule has 0 amide bonds. The number of benzene rings is 1. The van der Waals surface area contributed by atoms with Gasteiger partial charge >= 0.3 is 0 Å². The fourth-order valence-electron chi connectivity index (χ4n) is 2.56. The third-order valence-electron chi connectivity index (χ3n) is 3.56. The topological polar surface area (TPSA) is 45.8 Å². The van der Waals surface area contributed by atoms with Crippen LogP contribution in [0.15, 0.2) is 29.1 Å². The van der Waals surface area contributed by atoms with Crippen molar-refractivity contribution in [1.29, 1.82) is 0 Å². The molecular formula is C15H15ClN2O. The summed E-state index contributed by atoms with van der Waals surface area (Å²) < 4.78 is 0. The summed E-state index contributed by atoms with van der Waals surface area (Å²) in [5.41, 5.74) is 2.85. The van der Waals surface area contributed by atoms with E-state index in [0.717, 1.165) is 42.5 Å². The van der Waals surface area contributed by atoms with Gasteiger partial charge in [-0.15, -0.1) is 0 Å². The summed E-state index contributed by atoms with van der Waals surface area (Å²) in [6.45, 7) is 0. The molecular weight excluding hydrogens is 260 g/mol. The Morgan fingerprint density at radius 2 is 2.00 bits per heavy atom. The fourth-order valence-corrected chi connectivity index (χ4v) is 2.76. The number of nitrogens with one attached hydrogen (secondary N) is 1. The number of rotatable bonds is 2. The molecule has 98 valence electrons. The lowest BCUT2D eigenvalue weighted by molar-refractivity contribution is 0.648. The van der Waals surface area contributed by atoms with E-state index in [1.165, 1.54) is 0 Å². The van der Waals surface area contributed by atoms with E-state index in [2.05, 4.69) is 9.97 Å². The number of aromatic nitrogens is 2. The molecule has 0 unspecified atom stereocenters. The first-order chi connectivity index (χ1) is 9.24. The molecule has 1 aromatic carbocycles. The van der Waals surface area contributed by atoms with Crippen LogP contribution in [0.3, 0.4) is 0 Å². The highest BCUT2D eigenvalue weighted by Gasteiger charge is 2.15. The van der Waals surface area contributed by atoms with Gasteiger partial charge in [-0.1, -0.05) is 29.8 Å². The number of aromatic amines is 1. The van der Waals surface area contributed by atoms with Gasteiger partial charge in [0.2, 0.25) is 0 Å². The van der Waals surface area contributed by atoms with Crippen LogP contribution in [0.5, 0.6) is 0 Å². The van der Waals surface area contributed by atoms with Gasteiger partial charge in [-0.2, -0.15) is 0 Å². The lowest BCUT2D eigenvalue weighted by Crippen LogP contribution is -2.23. The van der Waals surface area contributed by atoms with Crippen molar-refractivity contribution in [2.45, 2.75) is 32.1 Å². The molecule has 3 rings (SSSR count). The van der Waals surface area contributed by atoms with E-state index in [0.29, 0.717) is 17.3 Å². The number of H-pyrrole nitrogens is 1. The zero-order valence-corrected chi connectivity index (χ0v) is 11.3. The molecule has 0 radical (unpaired) electrons. The van der Waals surface area contributed by atoms with Crippen LogP contribution in [-0.4, -0.2) is 9.97 Å². The maximum absolute atomic E-state index is 12.0. The van der Waals surface area contributed by atoms with Gasteiger partial charge in [0.1, 0.15) is 5.82 Å². The van der Waals surface area contributed by atoms with Gasteiger partial charge < -0.3 is 4.98 Å². The Morgan fingerprint density at radius 3 is 2.84 bits per heavy atom. The molecule has 3 nitrogen and oxygen atoms in total. The molecule has 19 heavy (non-hydrogen) atoms. The number of hydrogen-bond donors (Lipinski definition) is 1. The first-order valence-electron chi connectivity index (χ1n) is 6.58. The largest absolute Gasteiger partial charge is 0.310 e. The van der Waals surface area contributed by atoms with Crippen molar-refractivity contribution in [2.75, 3.05) is 0 Å². The highest BCUT2D eigenvalue weighted by atomic mass is 35.5. The second-order valence-corrected chi connectivity index (χ2v) is 5.32. The summed E-state index contributed by atoms with van der Waals surface area (Å²) in [5.74, 6) is 0.707. The predicted octanol–water partition coefficient (Wildman–Crippen LogP) is 2.89. The molecule has 1 heterocycles. The lowest BCUT2D eigenvalue weighted by atomic mass is 9.97. The van der Waals surface area contributed by atoms with Gasteiger partial charge in [0.25, 0.3) is 5.56 Å². The number of nitrogens with zero attached hydrogens (tertiary/aromatic N) is 1. The molecule has 0 saturated heterocycles. The van der Waals surface area contributed by atoms with Crippen molar-refractivity contribution in [2.24, 2.45) is 0 Å². The van der Waals surface area contributed by atoms with Gasteiger partial charge in [0.15, 0.2) is 0 Å². The molecule has 4 heteroatoms. The molecule has 0 fully saturated rings. The SMILES string of the molecule is O=c1[nH]c(Cc2ccccc2Cl)nc2c1CCCC2. The average Bonchev–Trinajstić information content (AvgIpc) is 2.42. The molecule has 0 bridgehead atoms. The van der Waals surface area contributed by atoms with Crippen molar-refractivity contribution in [3.05, 3.63) is 62.3 Å². The molecule has 0 spiro atoms. The first-order valence-corrected chi connectivity index (χ1v) is 6.96. The van der Waals surface area contributed by atoms with Crippen molar-refractivity contribution in [1.82, 2.24) is 9.97 Å². The minimum atomic E-state index is 0.0201. The van der Waals surface area contributed by atoms with Gasteiger partial charge in [0.05, 0.1) is 5.69 Å². The van der Waals surface area contributed by atoms with Gasteiger partial charge in [-0.25, -0.2) is 4.98 Å². The Kier molecular flexibility index (Phi) is 3.38. The molecule has 1 aliphatic rings. The normalized spacial score (nSPS) is 14.2. The van der Waals surface area contributed by atoms with Crippen LogP contribution < -0.4 is 5.56 Å². The maximum atomic E-state index is 12.0. The van der Waals surface area contributed by atoms with Crippen LogP contribution in [0.25, 0.3) is 0 Å². The second-order valence-electron chi connectivity index (χ2n) is 4.91. The fraction of sp³-hybridized carbons (Fsp3) is 0.333. The van der Waals surface area contributed by atoms with Gasteiger partial charge in [-0.3, -0.25) is 4.79 Å². The summed E-state index contributed by atoms with van der Waals surface area (Å²) in [6.07, 6.45) is 4.54. The summed E-state index contributed by atoms with van der Waals surface area (Å²) in [4.78, 5) is 19.5. The van der Waals surface area contributed by atoms with Crippen LogP contribution in [0.1, 0.15) is 35.5 Å². The minimum Gasteiger partial charge on any atom is -0.310 e. The maximum Gasteiger partial charge on any atom is 0.254 e. The minimum absolute atomic E-state index is 0.0201. The Balaban J connectivity index is 1.96. The Morgan fingerprint density at radius 1 is 1.21 bits per heavy atom. The molecule has 2 aromatic rings. The van der Waals surface area contributed by atoms with Crippen molar-refractivity contribution < 1.29 is 0 Å². The van der Waals surface area contributed by atoms with Crippen LogP contribution in [-0.2, 0) is 19.3 Å². The number of aryl methyl sites for hydroxylation is 1. The average molecular weight is 275 g/mol. The zero-order valence-electron chi connectivity index (χ0n) is 10.6. The number of halogens is 1. The van der Waals surface area contributed by atoms with Crippen molar-refractivity contribution >= 4 is 11.6 Å². The number of fused-ring (bicyclic) bond motifs is 1. The molecule has 1 N–H and O–H groups in total. The third-order valence-corrected chi connectivity index (χ3v) is 3.92. The van der Waals surface area contributed by atoms with E-state index < -0.39 is 0 Å². The zero-order chi connectivity index (χ0) is 13.2. The quantitative estimate of drug-likeness (QED) is 0.915. The van der Waals surface area contributed by atoms with Crippen molar-refractivity contribution in [3.63, 3.8) is 0 Å². The van der Waals surface area contributed by atoms with E-state index >= 15 is 0 Å². The summed E-state index contributed by atoms with van der Waals surface area (Å²) in [7, 11) is 0. The summed E-state index contributed by atoms with van der Waals surface area (Å²) in [6, 6.07) is 7.65. The van der Waals surface area contributed by atoms with E-state index in [4.69, 9.17) is 11.6 Å². The van der Waals surface area contributed by atoms with Crippen LogP contribution in [0.4, 0.5) is 0 Å². The van der Waals surface area contributed by atoms with E-state index in [1.807, 2.05) is 24.3 Å². The highest BCUT2D eigenvalue weighted by molar-refractivity contribution is 6.31. The van der Waals surface area contributed by atoms with Gasteiger partial charge in [-0.05, 0) is 37.3 Å². The Hall–Kier alpha value is -1.61. The van der Waals surface area contributed by atoms with E-state index in [9.17, 15) is 4.79 Å². The predicted molar refractivity (Wildman–Crippen MR) is 75.8 cm³/mol. The van der Waals surface area contributed by atoms with Crippen LogP contribution >= 0.6 is 11.6 Å². The Labute approximate surface area is 116 Å². The van der Waals surface area contributed by atoms with Gasteiger partial charge in [0, 0.05) is 17.0 Å². The van der Waals surface area contributed by atoms with E-state index in [1.54, 1.807) is 0 Å². The molecule has 0 saturated carbocycles. The lowest BCUT2D eigenvalue weighted by Gasteiger charge is -2.14. The molecule has 1 aromatic heterocycles. The number of hydrogen-bond acceptors (Lipinski definition) is 2. The molecule has 0 aliphatic heterocycles. The second kappa shape index (κ2) is 5.17. The first kappa shape index (κ1) is 12.4. The molecule has 0 atom stereocenters. The third kappa shape index (κ3) is 2.56. The van der Waals surface area contributed by atoms with E-state index in [-0.39, 0.29) is 5.56 Å². The monoisotopic (exact) mass is 274 g/mol. The summed E-state index contributed by atoms with van der Waals surface area (Å²) in [5, 5.41) is 0.711.